The van der Waals surface area contributed by atoms with Gasteiger partial charge in [0.2, 0.25) is 0 Å². The van der Waals surface area contributed by atoms with Crippen LogP contribution in [-0.4, -0.2) is 80.9 Å². The standard InChI is InChI=1S/C21H33ClN4O2/c1-17(2)14-20(25-10-12-28-13-11-25)16-23-21(27)26-8-6-24(7-9-26)19-5-3-4-18(22)15-19/h3-5,15,17,20H,6-14,16H2,1-2H3,(H,23,27)/t20-/m0/s1. The fourth-order valence-electron chi connectivity index (χ4n) is 4.01. The van der Waals surface area contributed by atoms with Crippen LogP contribution in [-0.2, 0) is 4.74 Å². The number of morpholine rings is 1. The Labute approximate surface area is 173 Å². The number of hydrogen-bond donors (Lipinski definition) is 1. The average Bonchev–Trinajstić information content (AvgIpc) is 2.71. The third kappa shape index (κ3) is 6.00. The fraction of sp³-hybridized carbons (Fsp3) is 0.667. The Bertz CT molecular complexity index is 629. The molecule has 28 heavy (non-hydrogen) atoms. The van der Waals surface area contributed by atoms with Crippen molar-refractivity contribution < 1.29 is 9.53 Å². The first kappa shape index (κ1) is 21.2. The highest BCUT2D eigenvalue weighted by molar-refractivity contribution is 6.30. The zero-order valence-corrected chi connectivity index (χ0v) is 17.8. The summed E-state index contributed by atoms with van der Waals surface area (Å²) in [6, 6.07) is 8.33. The van der Waals surface area contributed by atoms with Crippen LogP contribution in [0, 0.1) is 5.92 Å². The van der Waals surface area contributed by atoms with Crippen molar-refractivity contribution >= 4 is 23.3 Å². The van der Waals surface area contributed by atoms with Crippen molar-refractivity contribution in [2.45, 2.75) is 26.3 Å². The first-order chi connectivity index (χ1) is 13.5. The van der Waals surface area contributed by atoms with E-state index >= 15 is 0 Å². The number of amides is 2. The van der Waals surface area contributed by atoms with Crippen LogP contribution in [0.2, 0.25) is 5.02 Å². The summed E-state index contributed by atoms with van der Waals surface area (Å²) in [4.78, 5) is 19.4. The molecule has 2 aliphatic rings. The molecule has 0 aromatic heterocycles. The maximum absolute atomic E-state index is 12.7. The van der Waals surface area contributed by atoms with Crippen LogP contribution < -0.4 is 10.2 Å². The van der Waals surface area contributed by atoms with Gasteiger partial charge in [0.15, 0.2) is 0 Å². The zero-order valence-electron chi connectivity index (χ0n) is 17.1. The van der Waals surface area contributed by atoms with E-state index in [2.05, 4.69) is 35.0 Å². The summed E-state index contributed by atoms with van der Waals surface area (Å²) < 4.78 is 5.48. The first-order valence-corrected chi connectivity index (χ1v) is 10.8. The second kappa shape index (κ2) is 10.3. The number of piperazine rings is 1. The Balaban J connectivity index is 1.47. The minimum Gasteiger partial charge on any atom is -0.379 e. The van der Waals surface area contributed by atoms with Crippen molar-refractivity contribution in [1.82, 2.24) is 15.1 Å². The monoisotopic (exact) mass is 408 g/mol. The van der Waals surface area contributed by atoms with Gasteiger partial charge in [-0.1, -0.05) is 31.5 Å². The molecule has 0 bridgehead atoms. The largest absolute Gasteiger partial charge is 0.379 e. The lowest BCUT2D eigenvalue weighted by molar-refractivity contribution is 0.0127. The number of halogens is 1. The van der Waals surface area contributed by atoms with E-state index in [-0.39, 0.29) is 6.03 Å². The normalized spacial score (nSPS) is 19.7. The summed E-state index contributed by atoms with van der Waals surface area (Å²) in [5.74, 6) is 0.603. The molecule has 3 rings (SSSR count). The van der Waals surface area contributed by atoms with Crippen LogP contribution in [0.5, 0.6) is 0 Å². The van der Waals surface area contributed by atoms with Crippen LogP contribution in [0.15, 0.2) is 24.3 Å². The van der Waals surface area contributed by atoms with Gasteiger partial charge in [-0.05, 0) is 30.5 Å². The van der Waals surface area contributed by atoms with Crippen molar-refractivity contribution in [3.05, 3.63) is 29.3 Å². The molecule has 0 radical (unpaired) electrons. The molecule has 2 heterocycles. The summed E-state index contributed by atoms with van der Waals surface area (Å²) in [5.41, 5.74) is 1.12. The van der Waals surface area contributed by atoms with E-state index < -0.39 is 0 Å². The van der Waals surface area contributed by atoms with Gasteiger partial charge in [-0.25, -0.2) is 4.79 Å². The van der Waals surface area contributed by atoms with Gasteiger partial charge in [-0.15, -0.1) is 0 Å². The van der Waals surface area contributed by atoms with Gasteiger partial charge in [0.25, 0.3) is 0 Å². The van der Waals surface area contributed by atoms with Crippen LogP contribution in [0.3, 0.4) is 0 Å². The molecule has 1 aromatic carbocycles. The molecule has 2 saturated heterocycles. The highest BCUT2D eigenvalue weighted by Gasteiger charge is 2.25. The van der Waals surface area contributed by atoms with E-state index in [1.165, 1.54) is 0 Å². The summed E-state index contributed by atoms with van der Waals surface area (Å²) >= 11 is 6.10. The molecule has 1 N–H and O–H groups in total. The SMILES string of the molecule is CC(C)C[C@@H](CNC(=O)N1CCN(c2cccc(Cl)c2)CC1)N1CCOCC1. The number of carbonyl (C=O) groups excluding carboxylic acids is 1. The Hall–Kier alpha value is -1.50. The molecular weight excluding hydrogens is 376 g/mol. The van der Waals surface area contributed by atoms with Crippen molar-refractivity contribution in [2.24, 2.45) is 5.92 Å². The van der Waals surface area contributed by atoms with Gasteiger partial charge in [0, 0.05) is 62.6 Å². The Kier molecular flexibility index (Phi) is 7.82. The molecule has 0 aliphatic carbocycles. The Morgan fingerprint density at radius 3 is 2.50 bits per heavy atom. The molecule has 0 unspecified atom stereocenters. The summed E-state index contributed by atoms with van der Waals surface area (Å²) in [7, 11) is 0. The van der Waals surface area contributed by atoms with Crippen molar-refractivity contribution in [1.29, 1.82) is 0 Å². The number of benzene rings is 1. The van der Waals surface area contributed by atoms with Gasteiger partial charge in [0.05, 0.1) is 13.2 Å². The van der Waals surface area contributed by atoms with Gasteiger partial charge in [-0.3, -0.25) is 4.90 Å². The number of ether oxygens (including phenoxy) is 1. The highest BCUT2D eigenvalue weighted by Crippen LogP contribution is 2.21. The lowest BCUT2D eigenvalue weighted by atomic mass is 10.0. The van der Waals surface area contributed by atoms with E-state index in [1.807, 2.05) is 23.1 Å². The minimum absolute atomic E-state index is 0.0489. The van der Waals surface area contributed by atoms with Crippen LogP contribution in [0.4, 0.5) is 10.5 Å². The van der Waals surface area contributed by atoms with Crippen LogP contribution in [0.1, 0.15) is 20.3 Å². The van der Waals surface area contributed by atoms with Crippen molar-refractivity contribution in [2.75, 3.05) is 63.9 Å². The lowest BCUT2D eigenvalue weighted by Crippen LogP contribution is -2.55. The molecule has 1 aromatic rings. The minimum atomic E-state index is 0.0489. The van der Waals surface area contributed by atoms with Gasteiger partial charge in [-0.2, -0.15) is 0 Å². The van der Waals surface area contributed by atoms with E-state index in [0.717, 1.165) is 69.6 Å². The number of nitrogens with zero attached hydrogens (tertiary/aromatic N) is 3. The maximum atomic E-state index is 12.7. The predicted octanol–water partition coefficient (Wildman–Crippen LogP) is 2.92. The van der Waals surface area contributed by atoms with Crippen molar-refractivity contribution in [3.63, 3.8) is 0 Å². The van der Waals surface area contributed by atoms with Gasteiger partial charge < -0.3 is 19.9 Å². The fourth-order valence-corrected chi connectivity index (χ4v) is 4.19. The number of nitrogens with one attached hydrogen (secondary N) is 1. The number of anilines is 1. The predicted molar refractivity (Wildman–Crippen MR) is 114 cm³/mol. The molecule has 2 aliphatic heterocycles. The zero-order chi connectivity index (χ0) is 19.9. The number of urea groups is 1. The average molecular weight is 409 g/mol. The first-order valence-electron chi connectivity index (χ1n) is 10.4. The molecule has 7 heteroatoms. The maximum Gasteiger partial charge on any atom is 0.317 e. The molecule has 2 fully saturated rings. The third-order valence-electron chi connectivity index (χ3n) is 5.53. The third-order valence-corrected chi connectivity index (χ3v) is 5.77. The van der Waals surface area contributed by atoms with Gasteiger partial charge in [0.1, 0.15) is 0 Å². The van der Waals surface area contributed by atoms with E-state index in [0.29, 0.717) is 18.5 Å². The molecular formula is C21H33ClN4O2. The molecule has 6 nitrogen and oxygen atoms in total. The van der Waals surface area contributed by atoms with E-state index in [1.54, 1.807) is 0 Å². The Morgan fingerprint density at radius 1 is 1.14 bits per heavy atom. The summed E-state index contributed by atoms with van der Waals surface area (Å²) in [5, 5.41) is 3.93. The second-order valence-corrected chi connectivity index (χ2v) is 8.51. The van der Waals surface area contributed by atoms with Gasteiger partial charge >= 0.3 is 6.03 Å². The lowest BCUT2D eigenvalue weighted by Gasteiger charge is -2.38. The van der Waals surface area contributed by atoms with E-state index in [9.17, 15) is 4.79 Å². The molecule has 0 saturated carbocycles. The van der Waals surface area contributed by atoms with E-state index in [4.69, 9.17) is 16.3 Å². The summed E-state index contributed by atoms with van der Waals surface area (Å²) in [6.45, 7) is 11.8. The molecule has 1 atom stereocenters. The quantitative estimate of drug-likeness (QED) is 0.786. The second-order valence-electron chi connectivity index (χ2n) is 8.07. The van der Waals surface area contributed by atoms with Crippen molar-refractivity contribution in [3.8, 4) is 0 Å². The number of hydrogen-bond acceptors (Lipinski definition) is 4. The van der Waals surface area contributed by atoms with Crippen LogP contribution in [0.25, 0.3) is 0 Å². The Morgan fingerprint density at radius 2 is 1.86 bits per heavy atom. The molecule has 0 spiro atoms. The molecule has 2 amide bonds. The van der Waals surface area contributed by atoms with Crippen LogP contribution >= 0.6 is 11.6 Å². The number of rotatable bonds is 6. The smallest absolute Gasteiger partial charge is 0.317 e. The number of carbonyl (C=O) groups is 1. The highest BCUT2D eigenvalue weighted by atomic mass is 35.5. The molecule has 156 valence electrons. The topological polar surface area (TPSA) is 48.1 Å². The summed E-state index contributed by atoms with van der Waals surface area (Å²) in [6.07, 6.45) is 1.09.